The van der Waals surface area contributed by atoms with E-state index in [1.807, 2.05) is 31.2 Å². The number of halogens is 2. The Hall–Kier alpha value is -2.44. The van der Waals surface area contributed by atoms with Crippen molar-refractivity contribution in [1.29, 1.82) is 0 Å². The Balaban J connectivity index is 2.02. The zero-order valence-corrected chi connectivity index (χ0v) is 19.5. The van der Waals surface area contributed by atoms with Crippen LogP contribution in [0.3, 0.4) is 0 Å². The maximum atomic E-state index is 13.0. The largest absolute Gasteiger partial charge is 0.497 e. The number of amides is 2. The second-order valence-corrected chi connectivity index (χ2v) is 7.75. The zero-order chi connectivity index (χ0) is 22.8. The van der Waals surface area contributed by atoms with Crippen LogP contribution in [0.25, 0.3) is 0 Å². The second-order valence-electron chi connectivity index (χ2n) is 6.94. The van der Waals surface area contributed by atoms with Crippen LogP contribution in [0.15, 0.2) is 42.5 Å². The lowest BCUT2D eigenvalue weighted by molar-refractivity contribution is -0.141. The molecule has 31 heavy (non-hydrogen) atoms. The molecular formula is C23H28Cl2N2O4. The molecule has 0 spiro atoms. The molecule has 2 aromatic carbocycles. The fraction of sp³-hybridized carbons (Fsp3) is 0.391. The normalized spacial score (nSPS) is 11.5. The molecule has 0 saturated carbocycles. The van der Waals surface area contributed by atoms with E-state index >= 15 is 0 Å². The topological polar surface area (TPSA) is 67.9 Å². The first kappa shape index (κ1) is 24.8. The molecule has 1 atom stereocenters. The maximum Gasteiger partial charge on any atom is 0.242 e. The van der Waals surface area contributed by atoms with Crippen molar-refractivity contribution in [3.8, 4) is 11.5 Å². The van der Waals surface area contributed by atoms with Gasteiger partial charge < -0.3 is 19.7 Å². The standard InChI is InChI=1S/C23H28Cl2N2O4/c1-4-21(23(29)26-2)27(15-16-7-12-19(24)20(25)14-16)22(28)6-5-13-31-18-10-8-17(30-3)9-11-18/h7-12,14,21H,4-6,13,15H2,1-3H3,(H,26,29)/t21-/m0/s1. The highest BCUT2D eigenvalue weighted by Gasteiger charge is 2.27. The van der Waals surface area contributed by atoms with E-state index in [9.17, 15) is 9.59 Å². The Bertz CT molecular complexity index is 874. The molecule has 0 aromatic heterocycles. The van der Waals surface area contributed by atoms with E-state index in [-0.39, 0.29) is 24.8 Å². The van der Waals surface area contributed by atoms with Crippen LogP contribution < -0.4 is 14.8 Å². The summed E-state index contributed by atoms with van der Waals surface area (Å²) < 4.78 is 10.8. The van der Waals surface area contributed by atoms with Crippen molar-refractivity contribution >= 4 is 35.0 Å². The number of benzene rings is 2. The quantitative estimate of drug-likeness (QED) is 0.486. The second kappa shape index (κ2) is 12.4. The number of nitrogens with one attached hydrogen (secondary N) is 1. The van der Waals surface area contributed by atoms with Crippen LogP contribution in [-0.2, 0) is 16.1 Å². The lowest BCUT2D eigenvalue weighted by atomic mass is 10.1. The number of nitrogens with zero attached hydrogens (tertiary/aromatic N) is 1. The number of hydrogen-bond acceptors (Lipinski definition) is 4. The fourth-order valence-corrected chi connectivity index (χ4v) is 3.47. The summed E-state index contributed by atoms with van der Waals surface area (Å²) in [5.74, 6) is 1.13. The summed E-state index contributed by atoms with van der Waals surface area (Å²) in [7, 11) is 3.17. The predicted octanol–water partition coefficient (Wildman–Crippen LogP) is 4.71. The molecule has 0 heterocycles. The molecule has 0 fully saturated rings. The smallest absolute Gasteiger partial charge is 0.242 e. The minimum atomic E-state index is -0.575. The molecule has 0 bridgehead atoms. The molecule has 0 saturated heterocycles. The SMILES string of the molecule is CC[C@@H](C(=O)NC)N(Cc1ccc(Cl)c(Cl)c1)C(=O)CCCOc1ccc(OC)cc1. The molecular weight excluding hydrogens is 439 g/mol. The number of methoxy groups -OCH3 is 1. The highest BCUT2D eigenvalue weighted by Crippen LogP contribution is 2.24. The number of likely N-dealkylation sites (N-methyl/N-ethyl adjacent to an activating group) is 1. The summed E-state index contributed by atoms with van der Waals surface area (Å²) in [5, 5.41) is 3.49. The van der Waals surface area contributed by atoms with Gasteiger partial charge in [0.1, 0.15) is 17.5 Å². The van der Waals surface area contributed by atoms with Gasteiger partial charge in [-0.1, -0.05) is 36.2 Å². The van der Waals surface area contributed by atoms with E-state index in [1.54, 1.807) is 37.3 Å². The minimum absolute atomic E-state index is 0.125. The van der Waals surface area contributed by atoms with E-state index < -0.39 is 6.04 Å². The van der Waals surface area contributed by atoms with E-state index in [0.29, 0.717) is 35.2 Å². The van der Waals surface area contributed by atoms with Gasteiger partial charge in [-0.15, -0.1) is 0 Å². The molecule has 168 valence electrons. The Kier molecular flexibility index (Phi) is 9.95. The number of ether oxygens (including phenoxy) is 2. The van der Waals surface area contributed by atoms with E-state index in [4.69, 9.17) is 32.7 Å². The van der Waals surface area contributed by atoms with Crippen molar-refractivity contribution in [2.24, 2.45) is 0 Å². The molecule has 1 N–H and O–H groups in total. The Labute approximate surface area is 193 Å². The van der Waals surface area contributed by atoms with Gasteiger partial charge in [-0.05, 0) is 54.8 Å². The van der Waals surface area contributed by atoms with Crippen LogP contribution in [0.4, 0.5) is 0 Å². The first-order chi connectivity index (χ1) is 14.9. The molecule has 0 radical (unpaired) electrons. The Morgan fingerprint density at radius 2 is 1.74 bits per heavy atom. The molecule has 6 nitrogen and oxygen atoms in total. The van der Waals surface area contributed by atoms with Crippen molar-refractivity contribution in [2.75, 3.05) is 20.8 Å². The van der Waals surface area contributed by atoms with E-state index in [0.717, 1.165) is 11.3 Å². The van der Waals surface area contributed by atoms with Gasteiger partial charge in [-0.3, -0.25) is 9.59 Å². The van der Waals surface area contributed by atoms with Gasteiger partial charge >= 0.3 is 0 Å². The molecule has 0 aliphatic heterocycles. The molecule has 0 aliphatic rings. The van der Waals surface area contributed by atoms with Gasteiger partial charge in [-0.2, -0.15) is 0 Å². The summed E-state index contributed by atoms with van der Waals surface area (Å²) in [6, 6.07) is 11.9. The minimum Gasteiger partial charge on any atom is -0.497 e. The average Bonchev–Trinajstić information content (AvgIpc) is 2.78. The third kappa shape index (κ3) is 7.33. The number of carbonyl (C=O) groups excluding carboxylic acids is 2. The monoisotopic (exact) mass is 466 g/mol. The van der Waals surface area contributed by atoms with E-state index in [2.05, 4.69) is 5.32 Å². The Morgan fingerprint density at radius 3 is 2.32 bits per heavy atom. The summed E-state index contributed by atoms with van der Waals surface area (Å²) in [5.41, 5.74) is 0.805. The Morgan fingerprint density at radius 1 is 1.06 bits per heavy atom. The van der Waals surface area contributed by atoms with Gasteiger partial charge in [0.2, 0.25) is 11.8 Å². The lowest BCUT2D eigenvalue weighted by Crippen LogP contribution is -2.48. The molecule has 0 aliphatic carbocycles. The van der Waals surface area contributed by atoms with Crippen LogP contribution in [0.5, 0.6) is 11.5 Å². The average molecular weight is 467 g/mol. The van der Waals surface area contributed by atoms with Crippen molar-refractivity contribution in [1.82, 2.24) is 10.2 Å². The maximum absolute atomic E-state index is 13.0. The third-order valence-corrected chi connectivity index (χ3v) is 5.57. The van der Waals surface area contributed by atoms with Crippen LogP contribution in [-0.4, -0.2) is 43.5 Å². The van der Waals surface area contributed by atoms with Gasteiger partial charge in [-0.25, -0.2) is 0 Å². The van der Waals surface area contributed by atoms with Crippen molar-refractivity contribution in [2.45, 2.75) is 38.8 Å². The summed E-state index contributed by atoms with van der Waals surface area (Å²) in [6.07, 6.45) is 1.27. The molecule has 2 aromatic rings. The van der Waals surface area contributed by atoms with Crippen molar-refractivity contribution < 1.29 is 19.1 Å². The highest BCUT2D eigenvalue weighted by atomic mass is 35.5. The third-order valence-electron chi connectivity index (χ3n) is 4.83. The van der Waals surface area contributed by atoms with Crippen LogP contribution >= 0.6 is 23.2 Å². The summed E-state index contributed by atoms with van der Waals surface area (Å²) in [6.45, 7) is 2.53. The molecule has 8 heteroatoms. The zero-order valence-electron chi connectivity index (χ0n) is 18.0. The highest BCUT2D eigenvalue weighted by molar-refractivity contribution is 6.42. The fourth-order valence-electron chi connectivity index (χ4n) is 3.15. The van der Waals surface area contributed by atoms with Gasteiger partial charge in [0.25, 0.3) is 0 Å². The molecule has 2 amide bonds. The first-order valence-electron chi connectivity index (χ1n) is 10.1. The molecule has 0 unspecified atom stereocenters. The predicted molar refractivity (Wildman–Crippen MR) is 123 cm³/mol. The molecule has 2 rings (SSSR count). The van der Waals surface area contributed by atoms with Gasteiger partial charge in [0.15, 0.2) is 0 Å². The van der Waals surface area contributed by atoms with Crippen LogP contribution in [0.1, 0.15) is 31.7 Å². The first-order valence-corrected chi connectivity index (χ1v) is 10.9. The van der Waals surface area contributed by atoms with Crippen LogP contribution in [0.2, 0.25) is 10.0 Å². The van der Waals surface area contributed by atoms with Crippen molar-refractivity contribution in [3.05, 3.63) is 58.1 Å². The van der Waals surface area contributed by atoms with Gasteiger partial charge in [0, 0.05) is 20.0 Å². The number of rotatable bonds is 11. The van der Waals surface area contributed by atoms with Gasteiger partial charge in [0.05, 0.1) is 23.8 Å². The lowest BCUT2D eigenvalue weighted by Gasteiger charge is -2.30. The number of hydrogen-bond donors (Lipinski definition) is 1. The van der Waals surface area contributed by atoms with Crippen molar-refractivity contribution in [3.63, 3.8) is 0 Å². The summed E-state index contributed by atoms with van der Waals surface area (Å²) in [4.78, 5) is 27.0. The number of carbonyl (C=O) groups is 2. The van der Waals surface area contributed by atoms with E-state index in [1.165, 1.54) is 0 Å². The summed E-state index contributed by atoms with van der Waals surface area (Å²) >= 11 is 12.1. The van der Waals surface area contributed by atoms with Crippen LogP contribution in [0, 0.1) is 0 Å².